The first-order valence-electron chi connectivity index (χ1n) is 21.4. The number of Topliss-reactive ketones (excluding diaryl/α,β-unsaturated/α-hetero) is 1. The van der Waals surface area contributed by atoms with Gasteiger partial charge in [0, 0.05) is 19.0 Å². The highest BCUT2D eigenvalue weighted by atomic mass is 16.6. The fraction of sp³-hybridized carbons (Fsp3) is 0.705. The van der Waals surface area contributed by atoms with Crippen LogP contribution in [0.4, 0.5) is 4.79 Å². The molecular weight excluding hydrogens is 759 g/mol. The van der Waals surface area contributed by atoms with Crippen molar-refractivity contribution >= 4 is 41.5 Å². The van der Waals surface area contributed by atoms with Crippen molar-refractivity contribution in [2.75, 3.05) is 13.1 Å². The molecule has 15 heteroatoms. The van der Waals surface area contributed by atoms with Crippen LogP contribution in [0.1, 0.15) is 118 Å². The average Bonchev–Trinajstić information content (AvgIpc) is 3.85. The van der Waals surface area contributed by atoms with Crippen LogP contribution in [-0.2, 0) is 49.6 Å². The molecule has 2 saturated carbocycles. The SMILES string of the molecule is CC(C)[C@H](NC(=O)N[C@H](C(=O)N1C[C@@H]2OC(C)(C)C[C@@H]2[C@H]1C(=O)NC(CC1CC1)C(=O)C(=O)NCCC(=O)OC(C)(C)C)C1CCCCC1)C(=O)OCc1ccccc1. The Morgan fingerprint density at radius 3 is 2.22 bits per heavy atom. The Morgan fingerprint density at radius 1 is 0.915 bits per heavy atom. The molecule has 326 valence electrons. The molecule has 2 aliphatic heterocycles. The topological polar surface area (TPSA) is 199 Å². The second-order valence-electron chi connectivity index (χ2n) is 18.7. The van der Waals surface area contributed by atoms with E-state index < -0.39 is 88.9 Å². The minimum Gasteiger partial charge on any atom is -0.460 e. The molecular formula is C44H65N5O10. The molecule has 2 aliphatic carbocycles. The molecule has 1 aromatic carbocycles. The Balaban J connectivity index is 1.31. The van der Waals surface area contributed by atoms with E-state index in [0.717, 1.165) is 37.7 Å². The van der Waals surface area contributed by atoms with Gasteiger partial charge < -0.3 is 40.4 Å². The molecule has 1 unspecified atom stereocenters. The molecule has 15 nitrogen and oxygen atoms in total. The smallest absolute Gasteiger partial charge is 0.329 e. The second-order valence-corrected chi connectivity index (χ2v) is 18.7. The van der Waals surface area contributed by atoms with E-state index >= 15 is 0 Å². The van der Waals surface area contributed by atoms with Gasteiger partial charge in [0.1, 0.15) is 30.3 Å². The number of ether oxygens (including phenoxy) is 3. The molecule has 2 heterocycles. The molecule has 4 aliphatic rings. The normalized spacial score (nSPS) is 23.0. The Labute approximate surface area is 348 Å². The van der Waals surface area contributed by atoms with Crippen LogP contribution in [0.5, 0.6) is 0 Å². The van der Waals surface area contributed by atoms with E-state index in [4.69, 9.17) is 14.2 Å². The maximum atomic E-state index is 14.9. The number of carbonyl (C=O) groups excluding carboxylic acids is 7. The van der Waals surface area contributed by atoms with Crippen LogP contribution < -0.4 is 21.3 Å². The first-order chi connectivity index (χ1) is 27.8. The molecule has 5 rings (SSSR count). The minimum atomic E-state index is -1.14. The van der Waals surface area contributed by atoms with Crippen LogP contribution >= 0.6 is 0 Å². The molecule has 1 aromatic rings. The Hall–Kier alpha value is -4.53. The highest BCUT2D eigenvalue weighted by Crippen LogP contribution is 2.44. The Bertz CT molecular complexity index is 1680. The van der Waals surface area contributed by atoms with Crippen molar-refractivity contribution in [3.63, 3.8) is 0 Å². The van der Waals surface area contributed by atoms with Crippen molar-refractivity contribution in [1.82, 2.24) is 26.2 Å². The first-order valence-corrected chi connectivity index (χ1v) is 21.4. The third-order valence-electron chi connectivity index (χ3n) is 11.6. The number of nitrogens with one attached hydrogen (secondary N) is 4. The van der Waals surface area contributed by atoms with Gasteiger partial charge in [0.15, 0.2) is 0 Å². The number of nitrogens with zero attached hydrogens (tertiary/aromatic N) is 1. The van der Waals surface area contributed by atoms with Gasteiger partial charge in [-0.2, -0.15) is 0 Å². The van der Waals surface area contributed by atoms with Crippen molar-refractivity contribution in [3.8, 4) is 0 Å². The monoisotopic (exact) mass is 823 g/mol. The third-order valence-corrected chi connectivity index (χ3v) is 11.6. The van der Waals surface area contributed by atoms with Gasteiger partial charge in [-0.1, -0.05) is 76.3 Å². The van der Waals surface area contributed by atoms with E-state index in [2.05, 4.69) is 21.3 Å². The van der Waals surface area contributed by atoms with Gasteiger partial charge in [0.25, 0.3) is 5.91 Å². The van der Waals surface area contributed by atoms with Crippen LogP contribution in [0.3, 0.4) is 0 Å². The summed E-state index contributed by atoms with van der Waals surface area (Å²) in [5.74, 6) is -4.67. The molecule has 0 bridgehead atoms. The van der Waals surface area contributed by atoms with Gasteiger partial charge in [-0.05, 0) is 83.6 Å². The predicted molar refractivity (Wildman–Crippen MR) is 217 cm³/mol. The molecule has 4 N–H and O–H groups in total. The fourth-order valence-corrected chi connectivity index (χ4v) is 8.59. The fourth-order valence-electron chi connectivity index (χ4n) is 8.59. The van der Waals surface area contributed by atoms with Gasteiger partial charge in [-0.15, -0.1) is 0 Å². The maximum Gasteiger partial charge on any atom is 0.329 e. The number of amides is 5. The number of hydrogen-bond donors (Lipinski definition) is 4. The number of carbonyl (C=O) groups is 7. The van der Waals surface area contributed by atoms with Crippen molar-refractivity contribution in [2.24, 2.45) is 23.7 Å². The lowest BCUT2D eigenvalue weighted by atomic mass is 9.83. The molecule has 0 aromatic heterocycles. The molecule has 5 amide bonds. The van der Waals surface area contributed by atoms with Crippen LogP contribution in [0.15, 0.2) is 30.3 Å². The van der Waals surface area contributed by atoms with E-state index in [-0.39, 0.29) is 50.3 Å². The lowest BCUT2D eigenvalue weighted by Crippen LogP contribution is -2.61. The van der Waals surface area contributed by atoms with Crippen molar-refractivity contribution in [3.05, 3.63) is 35.9 Å². The lowest BCUT2D eigenvalue weighted by Gasteiger charge is -2.36. The highest BCUT2D eigenvalue weighted by Gasteiger charge is 2.56. The Kier molecular flexibility index (Phi) is 15.2. The quantitative estimate of drug-likeness (QED) is 0.131. The number of likely N-dealkylation sites (tertiary alicyclic amines) is 1. The average molecular weight is 824 g/mol. The molecule has 0 radical (unpaired) electrons. The van der Waals surface area contributed by atoms with E-state index in [1.807, 2.05) is 44.2 Å². The summed E-state index contributed by atoms with van der Waals surface area (Å²) in [6.45, 7) is 12.7. The predicted octanol–water partition coefficient (Wildman–Crippen LogP) is 4.10. The van der Waals surface area contributed by atoms with Crippen molar-refractivity contribution in [2.45, 2.75) is 161 Å². The summed E-state index contributed by atoms with van der Waals surface area (Å²) in [6.07, 6.45) is 5.97. The molecule has 6 atom stereocenters. The van der Waals surface area contributed by atoms with E-state index in [0.29, 0.717) is 19.3 Å². The number of fused-ring (bicyclic) bond motifs is 1. The van der Waals surface area contributed by atoms with E-state index in [9.17, 15) is 33.6 Å². The number of hydrogen-bond acceptors (Lipinski definition) is 10. The number of rotatable bonds is 17. The number of benzene rings is 1. The number of urea groups is 1. The molecule has 0 spiro atoms. The summed E-state index contributed by atoms with van der Waals surface area (Å²) < 4.78 is 17.2. The summed E-state index contributed by atoms with van der Waals surface area (Å²) in [4.78, 5) is 96.7. The zero-order valence-corrected chi connectivity index (χ0v) is 35.8. The lowest BCUT2D eigenvalue weighted by molar-refractivity contribution is -0.155. The van der Waals surface area contributed by atoms with E-state index in [1.54, 1.807) is 34.6 Å². The van der Waals surface area contributed by atoms with Gasteiger partial charge in [-0.25, -0.2) is 9.59 Å². The van der Waals surface area contributed by atoms with Crippen molar-refractivity contribution in [1.29, 1.82) is 0 Å². The summed E-state index contributed by atoms with van der Waals surface area (Å²) in [7, 11) is 0. The molecule has 4 fully saturated rings. The van der Waals surface area contributed by atoms with Gasteiger partial charge in [0.2, 0.25) is 17.6 Å². The maximum absolute atomic E-state index is 14.9. The molecule has 59 heavy (non-hydrogen) atoms. The van der Waals surface area contributed by atoms with Crippen molar-refractivity contribution < 1.29 is 47.8 Å². The standard InChI is InChI=1S/C44H65N5O10/c1-26(2)34(41(55)57-25-28-14-10-8-11-15-28)47-42(56)48-35(29-16-12-9-13-17-29)40(54)49-24-32-30(23-44(6,7)58-32)36(49)38(52)46-31(22-27-18-19-27)37(51)39(53)45-21-20-33(50)59-43(3,4)5/h8,10-11,14-15,26-27,29-32,34-36H,9,12-13,16-25H2,1-7H3,(H,45,53)(H,46,52)(H2,47,48,56)/t30-,31?,32-,34-,35-,36-/m0/s1. The number of esters is 2. The Morgan fingerprint density at radius 2 is 1.59 bits per heavy atom. The summed E-state index contributed by atoms with van der Waals surface area (Å²) in [6, 6.07) is 4.35. The summed E-state index contributed by atoms with van der Waals surface area (Å²) in [5, 5.41) is 11.0. The summed E-state index contributed by atoms with van der Waals surface area (Å²) >= 11 is 0. The third kappa shape index (κ3) is 13.0. The minimum absolute atomic E-state index is 0.0425. The zero-order chi connectivity index (χ0) is 43.1. The summed E-state index contributed by atoms with van der Waals surface area (Å²) in [5.41, 5.74) is -0.458. The van der Waals surface area contributed by atoms with Crippen LogP contribution in [0.25, 0.3) is 0 Å². The zero-order valence-electron chi connectivity index (χ0n) is 35.8. The van der Waals surface area contributed by atoms with Crippen LogP contribution in [0.2, 0.25) is 0 Å². The van der Waals surface area contributed by atoms with Gasteiger partial charge in [-0.3, -0.25) is 24.0 Å². The second kappa shape index (κ2) is 19.7. The van der Waals surface area contributed by atoms with E-state index in [1.165, 1.54) is 4.90 Å². The molecule has 2 saturated heterocycles. The largest absolute Gasteiger partial charge is 0.460 e. The van der Waals surface area contributed by atoms with Crippen LogP contribution in [0, 0.1) is 23.7 Å². The van der Waals surface area contributed by atoms with Gasteiger partial charge in [0.05, 0.1) is 24.2 Å². The van der Waals surface area contributed by atoms with Crippen LogP contribution in [-0.4, -0.2) is 101 Å². The highest BCUT2D eigenvalue weighted by molar-refractivity contribution is 6.38. The number of ketones is 1. The van der Waals surface area contributed by atoms with Gasteiger partial charge >= 0.3 is 18.0 Å². The first kappa shape index (κ1) is 45.6.